The van der Waals surface area contributed by atoms with Gasteiger partial charge in [0.1, 0.15) is 5.01 Å². The number of halogens is 6. The fourth-order valence-electron chi connectivity index (χ4n) is 2.35. The number of nitrogens with zero attached hydrogens (tertiary/aromatic N) is 1. The first kappa shape index (κ1) is 22.6. The molecule has 0 spiro atoms. The summed E-state index contributed by atoms with van der Waals surface area (Å²) in [7, 11) is -3.54. The highest BCUT2D eigenvalue weighted by Crippen LogP contribution is 2.52. The van der Waals surface area contributed by atoms with E-state index in [1.807, 2.05) is 0 Å². The Kier molecular flexibility index (Phi) is 5.65. The van der Waals surface area contributed by atoms with Gasteiger partial charge in [0, 0.05) is 16.7 Å². The molecule has 0 bridgehead atoms. The number of hydrogen-bond donors (Lipinski definition) is 1. The van der Waals surface area contributed by atoms with Gasteiger partial charge in [-0.25, -0.2) is 13.4 Å². The SMILES string of the molecule is CC(C)c1sc(C(O)(C(F)(F)F)C(F)(F)F)nc1-c1ccc(S(C)(=O)=O)cc1. The zero-order valence-electron chi connectivity index (χ0n) is 14.7. The summed E-state index contributed by atoms with van der Waals surface area (Å²) in [6.07, 6.45) is -11.1. The van der Waals surface area contributed by atoms with Crippen LogP contribution in [-0.2, 0) is 15.4 Å². The van der Waals surface area contributed by atoms with Crippen LogP contribution in [0.5, 0.6) is 0 Å². The van der Waals surface area contributed by atoms with Crippen molar-refractivity contribution in [2.75, 3.05) is 6.26 Å². The Morgan fingerprint density at radius 3 is 1.82 bits per heavy atom. The summed E-state index contributed by atoms with van der Waals surface area (Å²) in [6, 6.07) is 4.82. The molecule has 0 aliphatic rings. The third-order valence-electron chi connectivity index (χ3n) is 3.86. The Labute approximate surface area is 160 Å². The zero-order chi connectivity index (χ0) is 21.7. The first-order chi connectivity index (χ1) is 12.5. The fraction of sp³-hybridized carbons (Fsp3) is 0.438. The van der Waals surface area contributed by atoms with Crippen molar-refractivity contribution < 1.29 is 39.9 Å². The molecule has 0 saturated carbocycles. The summed E-state index contributed by atoms with van der Waals surface area (Å²) < 4.78 is 102. The lowest BCUT2D eigenvalue weighted by molar-refractivity contribution is -0.376. The fourth-order valence-corrected chi connectivity index (χ4v) is 4.20. The van der Waals surface area contributed by atoms with Crippen LogP contribution < -0.4 is 0 Å². The molecule has 0 unspecified atom stereocenters. The van der Waals surface area contributed by atoms with E-state index in [9.17, 15) is 39.9 Å². The summed E-state index contributed by atoms with van der Waals surface area (Å²) >= 11 is 0.114. The van der Waals surface area contributed by atoms with Crippen LogP contribution in [-0.4, -0.2) is 37.1 Å². The van der Waals surface area contributed by atoms with Crippen molar-refractivity contribution in [3.05, 3.63) is 34.2 Å². The number of rotatable bonds is 4. The molecule has 1 N–H and O–H groups in total. The van der Waals surface area contributed by atoms with Gasteiger partial charge in [-0.1, -0.05) is 26.0 Å². The molecule has 0 saturated heterocycles. The summed E-state index contributed by atoms with van der Waals surface area (Å²) in [5.41, 5.74) is -5.16. The largest absolute Gasteiger partial charge is 0.433 e. The maximum atomic E-state index is 13.1. The molecule has 156 valence electrons. The van der Waals surface area contributed by atoms with Crippen molar-refractivity contribution in [2.24, 2.45) is 0 Å². The smallest absolute Gasteiger partial charge is 0.368 e. The molecular formula is C16H15F6NO3S2. The van der Waals surface area contributed by atoms with Gasteiger partial charge in [-0.05, 0) is 18.1 Å². The summed E-state index contributed by atoms with van der Waals surface area (Å²) in [4.78, 5) is 3.50. The Bertz CT molecular complexity index is 946. The third-order valence-corrected chi connectivity index (χ3v) is 6.46. The van der Waals surface area contributed by atoms with E-state index < -0.39 is 38.7 Å². The van der Waals surface area contributed by atoms with Crippen LogP contribution >= 0.6 is 11.3 Å². The van der Waals surface area contributed by atoms with Crippen LogP contribution in [0.3, 0.4) is 0 Å². The molecule has 0 fully saturated rings. The second-order valence-electron chi connectivity index (χ2n) is 6.39. The second-order valence-corrected chi connectivity index (χ2v) is 9.44. The lowest BCUT2D eigenvalue weighted by Crippen LogP contribution is -2.53. The van der Waals surface area contributed by atoms with E-state index in [1.54, 1.807) is 13.8 Å². The van der Waals surface area contributed by atoms with E-state index in [0.29, 0.717) is 0 Å². The number of benzene rings is 1. The van der Waals surface area contributed by atoms with Gasteiger partial charge in [-0.2, -0.15) is 26.3 Å². The minimum absolute atomic E-state index is 0.0695. The molecule has 2 aromatic rings. The molecule has 0 aliphatic carbocycles. The molecule has 2 rings (SSSR count). The maximum absolute atomic E-state index is 13.1. The van der Waals surface area contributed by atoms with E-state index in [2.05, 4.69) is 4.98 Å². The molecule has 0 amide bonds. The number of thiazole rings is 1. The van der Waals surface area contributed by atoms with Crippen LogP contribution in [0.25, 0.3) is 11.3 Å². The molecular weight excluding hydrogens is 432 g/mol. The number of aromatic nitrogens is 1. The van der Waals surface area contributed by atoms with Crippen LogP contribution in [0.4, 0.5) is 26.3 Å². The topological polar surface area (TPSA) is 67.3 Å². The lowest BCUT2D eigenvalue weighted by atomic mass is 10.0. The van der Waals surface area contributed by atoms with Crippen molar-refractivity contribution in [2.45, 2.75) is 42.6 Å². The van der Waals surface area contributed by atoms with E-state index >= 15 is 0 Å². The van der Waals surface area contributed by atoms with Crippen molar-refractivity contribution in [1.82, 2.24) is 4.98 Å². The van der Waals surface area contributed by atoms with Crippen molar-refractivity contribution in [1.29, 1.82) is 0 Å². The van der Waals surface area contributed by atoms with Crippen LogP contribution in [0.1, 0.15) is 29.7 Å². The van der Waals surface area contributed by atoms with Crippen molar-refractivity contribution in [3.63, 3.8) is 0 Å². The van der Waals surface area contributed by atoms with E-state index in [0.717, 1.165) is 6.26 Å². The highest BCUT2D eigenvalue weighted by molar-refractivity contribution is 7.90. The molecule has 1 aromatic carbocycles. The van der Waals surface area contributed by atoms with Gasteiger partial charge in [0.15, 0.2) is 9.84 Å². The van der Waals surface area contributed by atoms with E-state index in [1.165, 1.54) is 24.3 Å². The minimum atomic E-state index is -6.03. The quantitative estimate of drug-likeness (QED) is 0.693. The number of hydrogen-bond acceptors (Lipinski definition) is 5. The average molecular weight is 447 g/mol. The number of sulfone groups is 1. The molecule has 1 heterocycles. The lowest BCUT2D eigenvalue weighted by Gasteiger charge is -2.30. The second kappa shape index (κ2) is 6.99. The van der Waals surface area contributed by atoms with Crippen molar-refractivity contribution in [3.8, 4) is 11.3 Å². The molecule has 4 nitrogen and oxygen atoms in total. The predicted octanol–water partition coefficient (Wildman–Crippen LogP) is 4.65. The van der Waals surface area contributed by atoms with Gasteiger partial charge in [0.2, 0.25) is 0 Å². The first-order valence-corrected chi connectivity index (χ1v) is 10.4. The van der Waals surface area contributed by atoms with Crippen molar-refractivity contribution >= 4 is 21.2 Å². The van der Waals surface area contributed by atoms with Crippen LogP contribution in [0, 0.1) is 0 Å². The first-order valence-electron chi connectivity index (χ1n) is 7.67. The number of aliphatic hydroxyl groups is 1. The minimum Gasteiger partial charge on any atom is -0.368 e. The predicted molar refractivity (Wildman–Crippen MR) is 90.8 cm³/mol. The van der Waals surface area contributed by atoms with E-state index in [-0.39, 0.29) is 32.4 Å². The normalized spacial score (nSPS) is 14.0. The Hall–Kier alpha value is -1.66. The number of alkyl halides is 6. The molecule has 12 heteroatoms. The zero-order valence-corrected chi connectivity index (χ0v) is 16.3. The summed E-state index contributed by atoms with van der Waals surface area (Å²) in [5, 5.41) is 8.05. The standard InChI is InChI=1S/C16H15F6NO3S2/c1-8(2)12-11(9-4-6-10(7-5-9)28(3,25)26)23-13(27-12)14(24,15(17,18)19)16(20,21)22/h4-8,24H,1-3H3. The van der Waals surface area contributed by atoms with Gasteiger partial charge in [-0.15, -0.1) is 11.3 Å². The summed E-state index contributed by atoms with van der Waals surface area (Å²) in [6.45, 7) is 3.10. The van der Waals surface area contributed by atoms with Crippen LogP contribution in [0.2, 0.25) is 0 Å². The summed E-state index contributed by atoms with van der Waals surface area (Å²) in [5.74, 6) is -0.499. The molecule has 0 atom stereocenters. The van der Waals surface area contributed by atoms with Crippen LogP contribution in [0.15, 0.2) is 29.2 Å². The van der Waals surface area contributed by atoms with Gasteiger partial charge < -0.3 is 5.11 Å². The third kappa shape index (κ3) is 3.90. The highest BCUT2D eigenvalue weighted by atomic mass is 32.2. The Morgan fingerprint density at radius 1 is 1.00 bits per heavy atom. The average Bonchev–Trinajstić information content (AvgIpc) is 2.96. The Balaban J connectivity index is 2.71. The maximum Gasteiger partial charge on any atom is 0.433 e. The van der Waals surface area contributed by atoms with Gasteiger partial charge >= 0.3 is 18.0 Å². The monoisotopic (exact) mass is 447 g/mol. The molecule has 1 aromatic heterocycles. The van der Waals surface area contributed by atoms with E-state index in [4.69, 9.17) is 0 Å². The van der Waals surface area contributed by atoms with Gasteiger partial charge in [-0.3, -0.25) is 0 Å². The molecule has 28 heavy (non-hydrogen) atoms. The van der Waals surface area contributed by atoms with Gasteiger partial charge in [0.25, 0.3) is 0 Å². The molecule has 0 radical (unpaired) electrons. The highest BCUT2D eigenvalue weighted by Gasteiger charge is 2.73. The van der Waals surface area contributed by atoms with Gasteiger partial charge in [0.05, 0.1) is 10.6 Å². The molecule has 0 aliphatic heterocycles. The Morgan fingerprint density at radius 2 is 1.46 bits per heavy atom.